The lowest BCUT2D eigenvalue weighted by atomic mass is 10.0. The van der Waals surface area contributed by atoms with Gasteiger partial charge in [-0.3, -0.25) is 0 Å². The predicted molar refractivity (Wildman–Crippen MR) is 133 cm³/mol. The summed E-state index contributed by atoms with van der Waals surface area (Å²) in [6.45, 7) is 0. The highest BCUT2D eigenvalue weighted by atomic mass is 32.2. The molecule has 0 unspecified atom stereocenters. The average molecular weight is 491 g/mol. The Morgan fingerprint density at radius 1 is 0.514 bits per heavy atom. The van der Waals surface area contributed by atoms with E-state index in [9.17, 15) is 28.8 Å². The maximum absolute atomic E-state index is 13.5. The van der Waals surface area contributed by atoms with Crippen LogP contribution in [0.15, 0.2) is 94.7 Å². The van der Waals surface area contributed by atoms with E-state index in [1.165, 1.54) is 12.1 Å². The predicted octanol–water partition coefficient (Wildman–Crippen LogP) is 4.91. The van der Waals surface area contributed by atoms with E-state index in [-0.39, 0.29) is 22.6 Å². The number of aryl methyl sites for hydroxylation is 4. The molecule has 4 N–H and O–H groups in total. The third kappa shape index (κ3) is 5.41. The number of phenols is 4. The van der Waals surface area contributed by atoms with Crippen LogP contribution in [-0.2, 0) is 35.5 Å². The summed E-state index contributed by atoms with van der Waals surface area (Å²) in [5.74, 6) is -1.64. The summed E-state index contributed by atoms with van der Waals surface area (Å²) in [5.41, 5.74) is 2.51. The van der Waals surface area contributed by atoms with Gasteiger partial charge in [0, 0.05) is 12.1 Å². The monoisotopic (exact) mass is 490 g/mol. The van der Waals surface area contributed by atoms with Gasteiger partial charge in [0.05, 0.1) is 0 Å². The fraction of sp³-hybridized carbons (Fsp3) is 0.143. The van der Waals surface area contributed by atoms with Gasteiger partial charge in [-0.05, 0) is 60.1 Å². The standard InChI is InChI=1S/C28H26O6S/c29-23-15-21(13-11-19-7-3-1-4-8-19)27(31)25(17-23)35(33,34)26-18-24(30)16-22(28(26)32)14-12-20-9-5-2-6-10-20/h1-10,15-18,29-32H,11-14H2. The Morgan fingerprint density at radius 2 is 0.886 bits per heavy atom. The van der Waals surface area contributed by atoms with Crippen molar-refractivity contribution in [2.75, 3.05) is 0 Å². The lowest BCUT2D eigenvalue weighted by Gasteiger charge is -2.15. The lowest BCUT2D eigenvalue weighted by Crippen LogP contribution is -2.06. The first-order chi connectivity index (χ1) is 16.8. The maximum Gasteiger partial charge on any atom is 0.214 e. The topological polar surface area (TPSA) is 115 Å². The van der Waals surface area contributed by atoms with Gasteiger partial charge in [0.25, 0.3) is 0 Å². The molecular weight excluding hydrogens is 464 g/mol. The van der Waals surface area contributed by atoms with Crippen molar-refractivity contribution in [3.05, 3.63) is 107 Å². The van der Waals surface area contributed by atoms with Crippen LogP contribution in [0, 0.1) is 0 Å². The number of benzene rings is 4. The van der Waals surface area contributed by atoms with Gasteiger partial charge in [-0.1, -0.05) is 60.7 Å². The van der Waals surface area contributed by atoms with Crippen molar-refractivity contribution < 1.29 is 28.8 Å². The van der Waals surface area contributed by atoms with E-state index in [1.807, 2.05) is 60.7 Å². The van der Waals surface area contributed by atoms with Gasteiger partial charge in [-0.2, -0.15) is 0 Å². The number of hydrogen-bond acceptors (Lipinski definition) is 6. The molecule has 0 aliphatic carbocycles. The van der Waals surface area contributed by atoms with E-state index in [0.717, 1.165) is 23.3 Å². The van der Waals surface area contributed by atoms with Gasteiger partial charge in [0.2, 0.25) is 9.84 Å². The van der Waals surface area contributed by atoms with Gasteiger partial charge in [-0.25, -0.2) is 8.42 Å². The Bertz CT molecular complexity index is 1330. The van der Waals surface area contributed by atoms with Crippen molar-refractivity contribution in [1.29, 1.82) is 0 Å². The van der Waals surface area contributed by atoms with E-state index < -0.39 is 31.1 Å². The molecule has 0 radical (unpaired) electrons. The second kappa shape index (κ2) is 10.1. The number of hydrogen-bond donors (Lipinski definition) is 4. The molecule has 180 valence electrons. The third-order valence-corrected chi connectivity index (χ3v) is 7.69. The molecule has 4 aromatic carbocycles. The molecule has 0 heterocycles. The minimum Gasteiger partial charge on any atom is -0.508 e. The van der Waals surface area contributed by atoms with Crippen molar-refractivity contribution in [3.8, 4) is 23.0 Å². The van der Waals surface area contributed by atoms with Crippen LogP contribution in [0.25, 0.3) is 0 Å². The van der Waals surface area contributed by atoms with Crippen LogP contribution >= 0.6 is 0 Å². The number of rotatable bonds is 8. The van der Waals surface area contributed by atoms with Gasteiger partial charge in [0.1, 0.15) is 32.8 Å². The summed E-state index contributed by atoms with van der Waals surface area (Å²) in [5, 5.41) is 42.1. The largest absolute Gasteiger partial charge is 0.508 e. The molecule has 0 aliphatic rings. The van der Waals surface area contributed by atoms with Crippen LogP contribution in [0.2, 0.25) is 0 Å². The lowest BCUT2D eigenvalue weighted by molar-refractivity contribution is 0.432. The van der Waals surface area contributed by atoms with E-state index in [4.69, 9.17) is 0 Å². The van der Waals surface area contributed by atoms with Crippen LogP contribution < -0.4 is 0 Å². The van der Waals surface area contributed by atoms with Crippen LogP contribution in [0.3, 0.4) is 0 Å². The van der Waals surface area contributed by atoms with Crippen LogP contribution in [-0.4, -0.2) is 28.8 Å². The first kappa shape index (κ1) is 24.2. The summed E-state index contributed by atoms with van der Waals surface area (Å²) < 4.78 is 27.0. The van der Waals surface area contributed by atoms with Gasteiger partial charge < -0.3 is 20.4 Å². The molecular formula is C28H26O6S. The molecule has 35 heavy (non-hydrogen) atoms. The molecule has 4 rings (SSSR count). The summed E-state index contributed by atoms with van der Waals surface area (Å²) in [4.78, 5) is -1.06. The zero-order valence-electron chi connectivity index (χ0n) is 18.9. The van der Waals surface area contributed by atoms with Gasteiger partial charge in [0.15, 0.2) is 0 Å². The quantitative estimate of drug-likeness (QED) is 0.261. The highest BCUT2D eigenvalue weighted by molar-refractivity contribution is 7.91. The van der Waals surface area contributed by atoms with Crippen molar-refractivity contribution in [1.82, 2.24) is 0 Å². The Balaban J connectivity index is 1.68. The summed E-state index contributed by atoms with van der Waals surface area (Å²) in [7, 11) is -4.48. The van der Waals surface area contributed by atoms with Crippen molar-refractivity contribution in [3.63, 3.8) is 0 Å². The number of phenolic OH excluding ortho intramolecular Hbond substituents is 4. The second-order valence-electron chi connectivity index (χ2n) is 8.38. The summed E-state index contributed by atoms with van der Waals surface area (Å²) in [6.07, 6.45) is 1.64. The molecule has 0 fully saturated rings. The number of sulfone groups is 1. The molecule has 0 saturated carbocycles. The molecule has 7 heteroatoms. The van der Waals surface area contributed by atoms with Crippen LogP contribution in [0.1, 0.15) is 22.3 Å². The normalized spacial score (nSPS) is 11.4. The average Bonchev–Trinajstić information content (AvgIpc) is 2.85. The van der Waals surface area contributed by atoms with E-state index in [0.29, 0.717) is 25.7 Å². The maximum atomic E-state index is 13.5. The Labute approximate surface area is 204 Å². The smallest absolute Gasteiger partial charge is 0.214 e. The van der Waals surface area contributed by atoms with Crippen molar-refractivity contribution in [2.45, 2.75) is 35.5 Å². The zero-order chi connectivity index (χ0) is 25.0. The van der Waals surface area contributed by atoms with Gasteiger partial charge in [-0.15, -0.1) is 0 Å². The Morgan fingerprint density at radius 3 is 1.26 bits per heavy atom. The van der Waals surface area contributed by atoms with E-state index >= 15 is 0 Å². The second-order valence-corrected chi connectivity index (χ2v) is 10.3. The summed E-state index contributed by atoms with van der Waals surface area (Å²) >= 11 is 0. The minimum atomic E-state index is -4.48. The zero-order valence-corrected chi connectivity index (χ0v) is 19.7. The van der Waals surface area contributed by atoms with E-state index in [1.54, 1.807) is 0 Å². The molecule has 4 aromatic rings. The fourth-order valence-electron chi connectivity index (χ4n) is 4.06. The first-order valence-electron chi connectivity index (χ1n) is 11.2. The number of aromatic hydroxyl groups is 4. The van der Waals surface area contributed by atoms with Gasteiger partial charge >= 0.3 is 0 Å². The molecule has 0 atom stereocenters. The van der Waals surface area contributed by atoms with Crippen molar-refractivity contribution >= 4 is 9.84 Å². The highest BCUT2D eigenvalue weighted by Crippen LogP contribution is 2.41. The molecule has 0 aliphatic heterocycles. The third-order valence-electron chi connectivity index (χ3n) is 5.91. The Hall–Kier alpha value is -3.97. The molecule has 0 amide bonds. The highest BCUT2D eigenvalue weighted by Gasteiger charge is 2.29. The van der Waals surface area contributed by atoms with Crippen LogP contribution in [0.5, 0.6) is 23.0 Å². The Kier molecular flexibility index (Phi) is 6.98. The molecule has 0 saturated heterocycles. The molecule has 0 spiro atoms. The fourth-order valence-corrected chi connectivity index (χ4v) is 5.62. The molecule has 6 nitrogen and oxygen atoms in total. The first-order valence-corrected chi connectivity index (χ1v) is 12.7. The van der Waals surface area contributed by atoms with E-state index in [2.05, 4.69) is 0 Å². The van der Waals surface area contributed by atoms with Crippen molar-refractivity contribution in [2.24, 2.45) is 0 Å². The molecule has 0 bridgehead atoms. The SMILES string of the molecule is O=S(=O)(c1cc(O)cc(CCc2ccccc2)c1O)c1cc(O)cc(CCc2ccccc2)c1O. The minimum absolute atomic E-state index is 0.261. The van der Waals surface area contributed by atoms with Crippen LogP contribution in [0.4, 0.5) is 0 Å². The summed E-state index contributed by atoms with van der Waals surface area (Å²) in [6, 6.07) is 23.5. The molecule has 0 aromatic heterocycles.